The van der Waals surface area contributed by atoms with Crippen LogP contribution in [0.2, 0.25) is 0 Å². The van der Waals surface area contributed by atoms with Crippen LogP contribution in [0.4, 0.5) is 28.4 Å². The third kappa shape index (κ3) is 7.06. The van der Waals surface area contributed by atoms with Gasteiger partial charge in [0, 0.05) is 33.8 Å². The van der Waals surface area contributed by atoms with Crippen molar-refractivity contribution in [1.29, 1.82) is 5.26 Å². The number of hydrogen-bond donors (Lipinski definition) is 0. The average molecular weight is 1050 g/mol. The number of fused-ring (bicyclic) bond motifs is 12. The molecule has 15 rings (SSSR count). The van der Waals surface area contributed by atoms with Crippen LogP contribution in [0.15, 0.2) is 206 Å². The molecule has 0 spiro atoms. The van der Waals surface area contributed by atoms with Gasteiger partial charge in [-0.1, -0.05) is 173 Å². The van der Waals surface area contributed by atoms with Crippen LogP contribution in [-0.4, -0.2) is 11.1 Å². The van der Waals surface area contributed by atoms with Gasteiger partial charge in [0.25, 0.3) is 0 Å². The second-order valence-corrected chi connectivity index (χ2v) is 25.4. The second kappa shape index (κ2) is 18.2. The zero-order valence-corrected chi connectivity index (χ0v) is 47.0. The average Bonchev–Trinajstić information content (AvgIpc) is 2.40. The number of nitriles is 1. The van der Waals surface area contributed by atoms with E-state index in [-0.39, 0.29) is 21.9 Å². The van der Waals surface area contributed by atoms with E-state index >= 15 is 0 Å². The Bertz CT molecular complexity index is 4240. The Balaban J connectivity index is 0.916. The lowest BCUT2D eigenvalue weighted by Gasteiger charge is -2.60. The van der Waals surface area contributed by atoms with Crippen LogP contribution >= 0.6 is 0 Å². The first-order valence-electron chi connectivity index (χ1n) is 29.6. The summed E-state index contributed by atoms with van der Waals surface area (Å²) in [6.07, 6.45) is 11.6. The van der Waals surface area contributed by atoms with Gasteiger partial charge in [-0.05, 0) is 224 Å². The number of anilines is 4. The van der Waals surface area contributed by atoms with Crippen molar-refractivity contribution in [3.63, 3.8) is 0 Å². The molecule has 2 saturated carbocycles. The zero-order valence-electron chi connectivity index (χ0n) is 47.0. The van der Waals surface area contributed by atoms with Gasteiger partial charge < -0.3 is 9.80 Å². The van der Waals surface area contributed by atoms with Crippen LogP contribution in [0.5, 0.6) is 0 Å². The van der Waals surface area contributed by atoms with Crippen LogP contribution in [0.1, 0.15) is 118 Å². The van der Waals surface area contributed by atoms with Gasteiger partial charge >= 0.3 is 0 Å². The van der Waals surface area contributed by atoms with E-state index in [1.807, 2.05) is 24.3 Å². The Kier molecular flexibility index (Phi) is 11.1. The Hall–Kier alpha value is -8.70. The van der Waals surface area contributed by atoms with E-state index in [2.05, 4.69) is 230 Å². The molecule has 0 aromatic heterocycles. The number of rotatable bonds is 6. The minimum absolute atomic E-state index is 0.0501. The minimum atomic E-state index is -0.643. The van der Waals surface area contributed by atoms with Crippen LogP contribution in [0, 0.1) is 28.7 Å². The Morgan fingerprint density at radius 3 is 1.49 bits per heavy atom. The Morgan fingerprint density at radius 1 is 0.457 bits per heavy atom. The van der Waals surface area contributed by atoms with Gasteiger partial charge in [-0.25, -0.2) is 4.85 Å². The van der Waals surface area contributed by atoms with Gasteiger partial charge in [0.15, 0.2) is 5.69 Å². The van der Waals surface area contributed by atoms with Crippen LogP contribution in [0.25, 0.3) is 59.8 Å². The van der Waals surface area contributed by atoms with Crippen molar-refractivity contribution in [1.82, 2.24) is 0 Å². The standard InChI is InChI=1S/C77H66N4/c1-73-40-14-16-42-75(73,3)80(61-32-24-51(50-78)25-33-61)69-38-28-52(44-56(69)48-73)54-26-36-65-67(46-54)63-22-12-13-23-64(63)71-66-37-27-55(47-68(66)77(72(65)71,58-18-8-6-9-19-58)59-20-10-7-11-21-59)53-29-39-70-57(45-53)49-74(2)41-15-17-43-76(74,4)81(70)62-34-30-60(79-5)31-35-62/h6-13,18-39,44-47H,14-17,40-43,48-49H2,1-4H3. The molecule has 394 valence electrons. The minimum Gasteiger partial charge on any atom is -0.335 e. The van der Waals surface area contributed by atoms with Gasteiger partial charge in [-0.15, -0.1) is 0 Å². The Labute approximate surface area is 477 Å². The van der Waals surface area contributed by atoms with E-state index in [1.54, 1.807) is 0 Å². The normalized spacial score (nSPS) is 23.0. The first-order chi connectivity index (χ1) is 39.5. The molecule has 81 heavy (non-hydrogen) atoms. The lowest BCUT2D eigenvalue weighted by molar-refractivity contribution is 0.0863. The number of nitrogens with zero attached hydrogens (tertiary/aromatic N) is 4. The topological polar surface area (TPSA) is 34.6 Å². The van der Waals surface area contributed by atoms with Crippen molar-refractivity contribution in [2.75, 3.05) is 9.80 Å². The van der Waals surface area contributed by atoms with E-state index in [9.17, 15) is 5.26 Å². The molecule has 10 aromatic carbocycles. The fraction of sp³-hybridized carbons (Fsp3) is 0.247. The lowest BCUT2D eigenvalue weighted by atomic mass is 9.57. The zero-order chi connectivity index (χ0) is 54.9. The molecule has 0 bridgehead atoms. The third-order valence-electron chi connectivity index (χ3n) is 21.3. The molecule has 5 aliphatic rings. The van der Waals surface area contributed by atoms with Crippen molar-refractivity contribution in [3.05, 3.63) is 257 Å². The fourth-order valence-corrected chi connectivity index (χ4v) is 16.8. The van der Waals surface area contributed by atoms with Gasteiger partial charge in [-0.3, -0.25) is 0 Å². The monoisotopic (exact) mass is 1050 g/mol. The van der Waals surface area contributed by atoms with Crippen molar-refractivity contribution < 1.29 is 0 Å². The summed E-state index contributed by atoms with van der Waals surface area (Å²) in [4.78, 5) is 9.03. The third-order valence-corrected chi connectivity index (χ3v) is 21.3. The number of hydrogen-bond acceptors (Lipinski definition) is 3. The molecular formula is C77H66N4. The first-order valence-corrected chi connectivity index (χ1v) is 29.6. The molecule has 0 saturated heterocycles. The smallest absolute Gasteiger partial charge is 0.187 e. The quantitative estimate of drug-likeness (QED) is 0.123. The molecule has 0 amide bonds. The lowest BCUT2D eigenvalue weighted by Crippen LogP contribution is -2.60. The summed E-state index contributed by atoms with van der Waals surface area (Å²) in [7, 11) is 0. The summed E-state index contributed by atoms with van der Waals surface area (Å²) < 4.78 is 0. The summed E-state index contributed by atoms with van der Waals surface area (Å²) in [5, 5.41) is 14.8. The molecule has 0 N–H and O–H groups in total. The van der Waals surface area contributed by atoms with Gasteiger partial charge in [-0.2, -0.15) is 5.26 Å². The molecular weight excluding hydrogens is 981 g/mol. The summed E-state index contributed by atoms with van der Waals surface area (Å²) in [6.45, 7) is 17.8. The van der Waals surface area contributed by atoms with Crippen molar-refractivity contribution in [2.45, 2.75) is 108 Å². The molecule has 3 aliphatic carbocycles. The highest BCUT2D eigenvalue weighted by molar-refractivity contribution is 6.20. The maximum absolute atomic E-state index is 9.74. The second-order valence-electron chi connectivity index (χ2n) is 25.4. The van der Waals surface area contributed by atoms with E-state index in [1.165, 1.54) is 144 Å². The number of benzene rings is 10. The van der Waals surface area contributed by atoms with Crippen LogP contribution < -0.4 is 9.80 Å². The van der Waals surface area contributed by atoms with Gasteiger partial charge in [0.1, 0.15) is 0 Å². The highest BCUT2D eigenvalue weighted by atomic mass is 15.2. The van der Waals surface area contributed by atoms with E-state index in [0.717, 1.165) is 31.4 Å². The fourth-order valence-electron chi connectivity index (χ4n) is 16.8. The van der Waals surface area contributed by atoms with Gasteiger partial charge in [0.05, 0.1) is 23.6 Å². The molecule has 4 heteroatoms. The summed E-state index contributed by atoms with van der Waals surface area (Å²) in [5.41, 5.74) is 21.1. The predicted molar refractivity (Wildman–Crippen MR) is 335 cm³/mol. The summed E-state index contributed by atoms with van der Waals surface area (Å²) in [5.74, 6) is 0. The van der Waals surface area contributed by atoms with Gasteiger partial charge in [0.2, 0.25) is 0 Å². The van der Waals surface area contributed by atoms with Crippen molar-refractivity contribution >= 4 is 50.0 Å². The van der Waals surface area contributed by atoms with E-state index in [4.69, 9.17) is 6.57 Å². The molecule has 0 radical (unpaired) electrons. The maximum atomic E-state index is 9.74. The predicted octanol–water partition coefficient (Wildman–Crippen LogP) is 20.2. The summed E-state index contributed by atoms with van der Waals surface area (Å²) in [6, 6.07) is 80.0. The largest absolute Gasteiger partial charge is 0.335 e. The summed E-state index contributed by atoms with van der Waals surface area (Å²) >= 11 is 0. The molecule has 10 aromatic rings. The van der Waals surface area contributed by atoms with E-state index in [0.29, 0.717) is 11.3 Å². The first kappa shape index (κ1) is 49.4. The Morgan fingerprint density at radius 2 is 0.938 bits per heavy atom. The SMILES string of the molecule is [C-]#[N+]c1ccc(N2c3ccc(-c4ccc5c(c4)C(c4ccccc4)(c4ccccc4)c4c-5c5ccccc5c5cc(-c6ccc7c(c6)CC6(C)CCCCC6(C)N7c6ccc(C#N)cc6)ccc45)cc3CC3(C)CCCCC23C)cc1. The molecule has 2 fully saturated rings. The highest BCUT2D eigenvalue weighted by Crippen LogP contribution is 2.63. The maximum Gasteiger partial charge on any atom is 0.187 e. The molecule has 2 heterocycles. The van der Waals surface area contributed by atoms with Crippen molar-refractivity contribution in [2.24, 2.45) is 10.8 Å². The van der Waals surface area contributed by atoms with Crippen LogP contribution in [0.3, 0.4) is 0 Å². The van der Waals surface area contributed by atoms with Crippen LogP contribution in [-0.2, 0) is 18.3 Å². The molecule has 4 atom stereocenters. The van der Waals surface area contributed by atoms with Crippen molar-refractivity contribution in [3.8, 4) is 39.4 Å². The molecule has 4 unspecified atom stereocenters. The molecule has 4 nitrogen and oxygen atoms in total. The molecule has 2 aliphatic heterocycles. The highest BCUT2D eigenvalue weighted by Gasteiger charge is 2.56. The van der Waals surface area contributed by atoms with E-state index < -0.39 is 5.41 Å².